The Morgan fingerprint density at radius 1 is 1.21 bits per heavy atom. The average Bonchev–Trinajstić information content (AvgIpc) is 3.45. The third-order valence-corrected chi connectivity index (χ3v) is 8.30. The van der Waals surface area contributed by atoms with Crippen molar-refractivity contribution in [2.75, 3.05) is 13.2 Å². The van der Waals surface area contributed by atoms with Crippen LogP contribution in [0.1, 0.15) is 37.6 Å². The number of carbonyl (C=O) groups is 1. The lowest BCUT2D eigenvalue weighted by molar-refractivity contribution is -0.0497. The Labute approximate surface area is 249 Å². The van der Waals surface area contributed by atoms with Crippen molar-refractivity contribution in [3.05, 3.63) is 36.2 Å². The molecule has 43 heavy (non-hydrogen) atoms. The van der Waals surface area contributed by atoms with Crippen molar-refractivity contribution in [2.45, 2.75) is 84.4 Å². The molecule has 0 aliphatic rings. The number of carbonyl (C=O) groups excluding carboxylic acids is 1. The predicted octanol–water partition coefficient (Wildman–Crippen LogP) is 4.63. The summed E-state index contributed by atoms with van der Waals surface area (Å²) in [4.78, 5) is 22.8. The van der Waals surface area contributed by atoms with E-state index in [0.29, 0.717) is 45.6 Å². The molecule has 3 N–H and O–H groups in total. The number of aryl methyl sites for hydroxylation is 1. The maximum absolute atomic E-state index is 13.4. The number of aromatic nitrogens is 5. The zero-order chi connectivity index (χ0) is 31.5. The molecule has 4 rings (SSSR count). The molecule has 1 atom stereocenters. The number of rotatable bonds is 13. The number of hydrogen-bond donors (Lipinski definition) is 3. The van der Waals surface area contributed by atoms with Crippen LogP contribution in [0.15, 0.2) is 30.6 Å². The molecule has 0 aliphatic carbocycles. The van der Waals surface area contributed by atoms with E-state index < -0.39 is 32.9 Å². The Balaban J connectivity index is 1.80. The third kappa shape index (κ3) is 8.34. The normalized spacial score (nSPS) is 13.3. The summed E-state index contributed by atoms with van der Waals surface area (Å²) in [5.74, 6) is -0.384. The molecule has 3 heterocycles. The van der Waals surface area contributed by atoms with Gasteiger partial charge in [0, 0.05) is 38.3 Å². The van der Waals surface area contributed by atoms with Crippen molar-refractivity contribution in [2.24, 2.45) is 0 Å². The summed E-state index contributed by atoms with van der Waals surface area (Å²) in [6.45, 7) is 10.1. The van der Waals surface area contributed by atoms with Crippen molar-refractivity contribution in [1.29, 1.82) is 0 Å². The van der Waals surface area contributed by atoms with Gasteiger partial charge in [0.05, 0.1) is 30.0 Å². The lowest BCUT2D eigenvalue weighted by Gasteiger charge is -2.20. The Morgan fingerprint density at radius 3 is 2.60 bits per heavy atom. The van der Waals surface area contributed by atoms with Crippen molar-refractivity contribution in [1.82, 2.24) is 29.6 Å². The fourth-order valence-corrected chi connectivity index (χ4v) is 5.19. The van der Waals surface area contributed by atoms with Crippen LogP contribution in [0.5, 0.6) is 5.75 Å². The highest BCUT2D eigenvalue weighted by molar-refractivity contribution is 6.76. The molecule has 0 spiro atoms. The monoisotopic (exact) mass is 618 g/mol. The number of fused-ring (bicyclic) bond motifs is 2. The summed E-state index contributed by atoms with van der Waals surface area (Å²) in [6, 6.07) is 5.43. The van der Waals surface area contributed by atoms with Crippen LogP contribution in [-0.4, -0.2) is 80.0 Å². The van der Waals surface area contributed by atoms with Gasteiger partial charge in [-0.25, -0.2) is 9.97 Å². The Morgan fingerprint density at radius 2 is 1.95 bits per heavy atom. The van der Waals surface area contributed by atoms with E-state index in [2.05, 4.69) is 39.8 Å². The number of aliphatic hydroxyl groups is 2. The van der Waals surface area contributed by atoms with E-state index in [1.54, 1.807) is 21.5 Å². The van der Waals surface area contributed by atoms with E-state index >= 15 is 0 Å². The standard InChI is InChI=1S/C29H40F2N6O5Si/c1-29(2,3)34-27(40)21-15-36(17-41-11-12-43(4,5)6)26-25(21)33-22(14-32-26)24-20-13-19(42-28(30)31)7-8-23(20)37(35-24)10-9-18(39)16-38/h7-8,13-15,18,28,38-39H,9-12,16-17H2,1-6H3,(H,34,40). The highest BCUT2D eigenvalue weighted by atomic mass is 28.3. The van der Waals surface area contributed by atoms with E-state index in [9.17, 15) is 23.8 Å². The first-order valence-electron chi connectivity index (χ1n) is 14.2. The van der Waals surface area contributed by atoms with Crippen molar-refractivity contribution < 1.29 is 33.3 Å². The molecule has 234 valence electrons. The smallest absolute Gasteiger partial charge is 0.387 e. The number of nitrogens with one attached hydrogen (secondary N) is 1. The first-order chi connectivity index (χ1) is 20.1. The minimum atomic E-state index is -3.01. The molecule has 3 aromatic heterocycles. The highest BCUT2D eigenvalue weighted by Gasteiger charge is 2.24. The summed E-state index contributed by atoms with van der Waals surface area (Å²) in [6.07, 6.45) is 2.45. The van der Waals surface area contributed by atoms with Gasteiger partial charge < -0.3 is 29.6 Å². The molecule has 4 aromatic rings. The largest absolute Gasteiger partial charge is 0.435 e. The maximum atomic E-state index is 13.4. The topological polar surface area (TPSA) is 137 Å². The number of amides is 1. The summed E-state index contributed by atoms with van der Waals surface area (Å²) in [5.41, 5.74) is 1.84. The molecule has 11 nitrogen and oxygen atoms in total. The number of alkyl halides is 2. The lowest BCUT2D eigenvalue weighted by Crippen LogP contribution is -2.40. The first-order valence-corrected chi connectivity index (χ1v) is 17.9. The number of hydrogen-bond acceptors (Lipinski definition) is 8. The highest BCUT2D eigenvalue weighted by Crippen LogP contribution is 2.32. The van der Waals surface area contributed by atoms with Crippen LogP contribution < -0.4 is 10.1 Å². The van der Waals surface area contributed by atoms with Crippen LogP contribution in [0, 0.1) is 0 Å². The van der Waals surface area contributed by atoms with Crippen LogP contribution in [0.25, 0.3) is 33.5 Å². The van der Waals surface area contributed by atoms with Gasteiger partial charge in [-0.05, 0) is 51.4 Å². The van der Waals surface area contributed by atoms with Crippen LogP contribution in [0.2, 0.25) is 25.7 Å². The fraction of sp³-hybridized carbons (Fsp3) is 0.517. The van der Waals surface area contributed by atoms with Gasteiger partial charge in [0.25, 0.3) is 5.91 Å². The molecular formula is C29H40F2N6O5Si. The molecule has 0 radical (unpaired) electrons. The molecule has 0 saturated carbocycles. The summed E-state index contributed by atoms with van der Waals surface area (Å²) >= 11 is 0. The van der Waals surface area contributed by atoms with Gasteiger partial charge in [-0.1, -0.05) is 19.6 Å². The van der Waals surface area contributed by atoms with Gasteiger partial charge in [-0.2, -0.15) is 13.9 Å². The van der Waals surface area contributed by atoms with Crippen LogP contribution in [0.4, 0.5) is 8.78 Å². The average molecular weight is 619 g/mol. The molecule has 14 heteroatoms. The second kappa shape index (κ2) is 13.0. The Hall–Kier alpha value is -3.46. The van der Waals surface area contributed by atoms with Crippen LogP contribution in [0.3, 0.4) is 0 Å². The van der Waals surface area contributed by atoms with Crippen LogP contribution in [-0.2, 0) is 18.0 Å². The predicted molar refractivity (Wildman–Crippen MR) is 162 cm³/mol. The maximum Gasteiger partial charge on any atom is 0.387 e. The van der Waals surface area contributed by atoms with E-state index in [-0.39, 0.29) is 31.4 Å². The molecule has 1 amide bonds. The van der Waals surface area contributed by atoms with Gasteiger partial charge in [-0.3, -0.25) is 9.48 Å². The minimum absolute atomic E-state index is 0.0559. The quantitative estimate of drug-likeness (QED) is 0.146. The van der Waals surface area contributed by atoms with Crippen molar-refractivity contribution >= 4 is 36.0 Å². The summed E-state index contributed by atoms with van der Waals surface area (Å²) in [7, 11) is -1.29. The van der Waals surface area contributed by atoms with E-state index in [1.165, 1.54) is 18.3 Å². The van der Waals surface area contributed by atoms with E-state index in [0.717, 1.165) is 6.04 Å². The summed E-state index contributed by atoms with van der Waals surface area (Å²) in [5, 5.41) is 27.3. The fourth-order valence-electron chi connectivity index (χ4n) is 4.44. The van der Waals surface area contributed by atoms with E-state index in [4.69, 9.17) is 9.72 Å². The molecule has 0 bridgehead atoms. The van der Waals surface area contributed by atoms with E-state index in [1.807, 2.05) is 20.8 Å². The van der Waals surface area contributed by atoms with Gasteiger partial charge in [-0.15, -0.1) is 0 Å². The molecule has 0 saturated heterocycles. The number of halogens is 2. The lowest BCUT2D eigenvalue weighted by atomic mass is 10.1. The molecule has 0 fully saturated rings. The minimum Gasteiger partial charge on any atom is -0.435 e. The SMILES string of the molecule is CC(C)(C)NC(=O)c1cn(COCC[Si](C)(C)C)c2ncc(-c3nn(CCC(O)CO)c4ccc(OC(F)F)cc34)nc12. The Bertz CT molecular complexity index is 1580. The van der Waals surface area contributed by atoms with Gasteiger partial charge in [0.1, 0.15) is 29.4 Å². The van der Waals surface area contributed by atoms with Crippen LogP contribution >= 0.6 is 0 Å². The molecule has 1 aromatic carbocycles. The second-order valence-electron chi connectivity index (χ2n) is 12.7. The zero-order valence-electron chi connectivity index (χ0n) is 25.4. The first kappa shape index (κ1) is 32.5. The summed E-state index contributed by atoms with van der Waals surface area (Å²) < 4.78 is 40.0. The van der Waals surface area contributed by atoms with Crippen molar-refractivity contribution in [3.8, 4) is 17.1 Å². The van der Waals surface area contributed by atoms with Gasteiger partial charge >= 0.3 is 6.61 Å². The second-order valence-corrected chi connectivity index (χ2v) is 18.4. The number of nitrogens with zero attached hydrogens (tertiary/aromatic N) is 5. The zero-order valence-corrected chi connectivity index (χ0v) is 26.4. The van der Waals surface area contributed by atoms with Gasteiger partial charge in [0.2, 0.25) is 0 Å². The molecule has 0 aliphatic heterocycles. The Kier molecular flexibility index (Phi) is 9.84. The van der Waals surface area contributed by atoms with Gasteiger partial charge in [0.15, 0.2) is 5.65 Å². The molecule has 1 unspecified atom stereocenters. The number of benzene rings is 1. The number of aliphatic hydroxyl groups excluding tert-OH is 2. The number of ether oxygens (including phenoxy) is 2. The van der Waals surface area contributed by atoms with Crippen molar-refractivity contribution in [3.63, 3.8) is 0 Å². The third-order valence-electron chi connectivity index (χ3n) is 6.60. The molecular weight excluding hydrogens is 578 g/mol.